The maximum absolute atomic E-state index is 9.72. The summed E-state index contributed by atoms with van der Waals surface area (Å²) in [4.78, 5) is 0. The van der Waals surface area contributed by atoms with Gasteiger partial charge in [0.05, 0.1) is 0 Å². The van der Waals surface area contributed by atoms with E-state index in [0.717, 1.165) is 28.1 Å². The molecule has 0 aromatic heterocycles. The van der Waals surface area contributed by atoms with Gasteiger partial charge in [0.25, 0.3) is 0 Å². The molecule has 0 aliphatic rings. The van der Waals surface area contributed by atoms with Gasteiger partial charge in [0.15, 0.2) is 0 Å². The molecule has 0 spiro atoms. The number of hydrogen-bond donors (Lipinski definition) is 3. The first-order valence-electron chi connectivity index (χ1n) is 5.84. The topological polar surface area (TPSA) is 52.5 Å². The van der Waals surface area contributed by atoms with Crippen LogP contribution >= 0.6 is 0 Å². The lowest BCUT2D eigenvalue weighted by Crippen LogP contribution is -1.93. The van der Waals surface area contributed by atoms with E-state index in [1.165, 1.54) is 0 Å². The zero-order chi connectivity index (χ0) is 13.3. The van der Waals surface area contributed by atoms with Gasteiger partial charge in [0.2, 0.25) is 0 Å². The number of anilines is 2. The van der Waals surface area contributed by atoms with Gasteiger partial charge in [0, 0.05) is 11.4 Å². The van der Waals surface area contributed by atoms with Gasteiger partial charge < -0.3 is 15.5 Å². The van der Waals surface area contributed by atoms with Crippen LogP contribution in [0.1, 0.15) is 16.7 Å². The van der Waals surface area contributed by atoms with Crippen molar-refractivity contribution in [1.29, 1.82) is 0 Å². The van der Waals surface area contributed by atoms with E-state index in [1.54, 1.807) is 6.07 Å². The molecular formula is C15H17NO2. The van der Waals surface area contributed by atoms with Gasteiger partial charge in [-0.3, -0.25) is 0 Å². The maximum Gasteiger partial charge on any atom is 0.121 e. The molecule has 0 amide bonds. The Labute approximate surface area is 107 Å². The molecule has 0 unspecified atom stereocenters. The van der Waals surface area contributed by atoms with Crippen molar-refractivity contribution in [1.82, 2.24) is 0 Å². The fourth-order valence-corrected chi connectivity index (χ4v) is 1.93. The van der Waals surface area contributed by atoms with Crippen molar-refractivity contribution in [3.63, 3.8) is 0 Å². The lowest BCUT2D eigenvalue weighted by Gasteiger charge is -2.11. The first kappa shape index (κ1) is 12.3. The molecule has 0 heterocycles. The molecule has 2 rings (SSSR count). The van der Waals surface area contributed by atoms with E-state index < -0.39 is 0 Å². The van der Waals surface area contributed by atoms with Gasteiger partial charge in [-0.1, -0.05) is 0 Å². The zero-order valence-corrected chi connectivity index (χ0v) is 10.8. The van der Waals surface area contributed by atoms with E-state index >= 15 is 0 Å². The average molecular weight is 243 g/mol. The third-order valence-electron chi connectivity index (χ3n) is 2.98. The van der Waals surface area contributed by atoms with Crippen molar-refractivity contribution in [2.45, 2.75) is 20.8 Å². The summed E-state index contributed by atoms with van der Waals surface area (Å²) >= 11 is 0. The number of phenolic OH excluding ortho intramolecular Hbond substituents is 2. The Morgan fingerprint density at radius 2 is 1.33 bits per heavy atom. The second-order valence-corrected chi connectivity index (χ2v) is 4.58. The van der Waals surface area contributed by atoms with E-state index in [0.29, 0.717) is 11.5 Å². The molecule has 0 aliphatic heterocycles. The quantitative estimate of drug-likeness (QED) is 0.704. The predicted octanol–water partition coefficient (Wildman–Crippen LogP) is 3.77. The fourth-order valence-electron chi connectivity index (χ4n) is 1.93. The molecule has 3 N–H and O–H groups in total. The first-order valence-corrected chi connectivity index (χ1v) is 5.84. The third-order valence-corrected chi connectivity index (χ3v) is 2.98. The maximum atomic E-state index is 9.72. The number of aromatic hydroxyl groups is 2. The molecule has 0 saturated heterocycles. The molecule has 2 aromatic rings. The molecule has 3 heteroatoms. The summed E-state index contributed by atoms with van der Waals surface area (Å²) in [6, 6.07) is 9.15. The highest BCUT2D eigenvalue weighted by atomic mass is 16.3. The molecule has 0 radical (unpaired) electrons. The van der Waals surface area contributed by atoms with Crippen LogP contribution in [0.4, 0.5) is 11.4 Å². The number of phenols is 2. The van der Waals surface area contributed by atoms with Gasteiger partial charge in [-0.2, -0.15) is 0 Å². The second kappa shape index (κ2) is 4.61. The Hall–Kier alpha value is -2.16. The summed E-state index contributed by atoms with van der Waals surface area (Å²) in [7, 11) is 0. The summed E-state index contributed by atoms with van der Waals surface area (Å²) in [6.07, 6.45) is 0. The van der Waals surface area contributed by atoms with Crippen molar-refractivity contribution in [2.75, 3.05) is 5.32 Å². The molecule has 18 heavy (non-hydrogen) atoms. The number of benzene rings is 2. The van der Waals surface area contributed by atoms with Gasteiger partial charge >= 0.3 is 0 Å². The standard InChI is InChI=1S/C15H17NO2/c1-9-6-12(4-5-14(9)17)16-13-7-10(2)15(18)11(3)8-13/h4-8,16-18H,1-3H3. The lowest BCUT2D eigenvalue weighted by atomic mass is 10.1. The predicted molar refractivity (Wildman–Crippen MR) is 73.7 cm³/mol. The second-order valence-electron chi connectivity index (χ2n) is 4.58. The summed E-state index contributed by atoms with van der Waals surface area (Å²) in [5.74, 6) is 0.626. The van der Waals surface area contributed by atoms with Gasteiger partial charge in [-0.15, -0.1) is 0 Å². The molecule has 2 aromatic carbocycles. The largest absolute Gasteiger partial charge is 0.508 e. The zero-order valence-electron chi connectivity index (χ0n) is 10.8. The van der Waals surface area contributed by atoms with Crippen molar-refractivity contribution in [2.24, 2.45) is 0 Å². The van der Waals surface area contributed by atoms with Crippen LogP contribution in [0.2, 0.25) is 0 Å². The van der Waals surface area contributed by atoms with Crippen LogP contribution in [-0.4, -0.2) is 10.2 Å². The van der Waals surface area contributed by atoms with Crippen molar-refractivity contribution < 1.29 is 10.2 Å². The van der Waals surface area contributed by atoms with Crippen LogP contribution in [0.5, 0.6) is 11.5 Å². The van der Waals surface area contributed by atoms with E-state index in [9.17, 15) is 10.2 Å². The van der Waals surface area contributed by atoms with E-state index in [-0.39, 0.29) is 0 Å². The molecule has 0 aliphatic carbocycles. The Morgan fingerprint density at radius 3 is 1.89 bits per heavy atom. The first-order chi connectivity index (χ1) is 8.47. The SMILES string of the molecule is Cc1cc(Nc2cc(C)c(O)c(C)c2)ccc1O. The van der Waals surface area contributed by atoms with Crippen LogP contribution in [0.15, 0.2) is 30.3 Å². The van der Waals surface area contributed by atoms with Gasteiger partial charge in [-0.05, 0) is 67.8 Å². The normalized spacial score (nSPS) is 10.4. The average Bonchev–Trinajstić information content (AvgIpc) is 2.31. The summed E-state index contributed by atoms with van der Waals surface area (Å²) in [6.45, 7) is 5.60. The van der Waals surface area contributed by atoms with Crippen LogP contribution < -0.4 is 5.32 Å². The fraction of sp³-hybridized carbons (Fsp3) is 0.200. The van der Waals surface area contributed by atoms with Gasteiger partial charge in [-0.25, -0.2) is 0 Å². The number of nitrogens with one attached hydrogen (secondary N) is 1. The molecule has 94 valence electrons. The summed E-state index contributed by atoms with van der Waals surface area (Å²) < 4.78 is 0. The molecule has 0 bridgehead atoms. The smallest absolute Gasteiger partial charge is 0.121 e. The minimum Gasteiger partial charge on any atom is -0.508 e. The van der Waals surface area contributed by atoms with E-state index in [1.807, 2.05) is 45.0 Å². The highest BCUT2D eigenvalue weighted by Gasteiger charge is 2.04. The minimum atomic E-state index is 0.290. The molecule has 0 atom stereocenters. The summed E-state index contributed by atoms with van der Waals surface area (Å²) in [5, 5.41) is 22.4. The number of hydrogen-bond acceptors (Lipinski definition) is 3. The third kappa shape index (κ3) is 2.40. The molecular weight excluding hydrogens is 226 g/mol. The van der Waals surface area contributed by atoms with Crippen LogP contribution in [-0.2, 0) is 0 Å². The van der Waals surface area contributed by atoms with E-state index in [2.05, 4.69) is 5.32 Å². The number of rotatable bonds is 2. The Balaban J connectivity index is 2.31. The van der Waals surface area contributed by atoms with Crippen LogP contribution in [0.3, 0.4) is 0 Å². The minimum absolute atomic E-state index is 0.290. The van der Waals surface area contributed by atoms with E-state index in [4.69, 9.17) is 0 Å². The van der Waals surface area contributed by atoms with Crippen molar-refractivity contribution in [3.8, 4) is 11.5 Å². The number of aryl methyl sites for hydroxylation is 3. The summed E-state index contributed by atoms with van der Waals surface area (Å²) in [5.41, 5.74) is 4.34. The highest BCUT2D eigenvalue weighted by molar-refractivity contribution is 5.64. The van der Waals surface area contributed by atoms with Crippen LogP contribution in [0, 0.1) is 20.8 Å². The molecule has 0 saturated carbocycles. The molecule has 0 fully saturated rings. The molecule has 3 nitrogen and oxygen atoms in total. The monoisotopic (exact) mass is 243 g/mol. The Kier molecular flexibility index (Phi) is 3.15. The highest BCUT2D eigenvalue weighted by Crippen LogP contribution is 2.28. The van der Waals surface area contributed by atoms with Gasteiger partial charge in [0.1, 0.15) is 11.5 Å². The Morgan fingerprint density at radius 1 is 0.778 bits per heavy atom. The van der Waals surface area contributed by atoms with Crippen molar-refractivity contribution >= 4 is 11.4 Å². The Bertz CT molecular complexity index is 568. The van der Waals surface area contributed by atoms with Crippen molar-refractivity contribution in [3.05, 3.63) is 47.0 Å². The lowest BCUT2D eigenvalue weighted by molar-refractivity contribution is 0.467. The van der Waals surface area contributed by atoms with Crippen LogP contribution in [0.25, 0.3) is 0 Å².